The molecule has 0 unspecified atom stereocenters. The lowest BCUT2D eigenvalue weighted by Gasteiger charge is -2.11. The van der Waals surface area contributed by atoms with Gasteiger partial charge in [0.2, 0.25) is 0 Å². The maximum absolute atomic E-state index is 11.1. The Morgan fingerprint density at radius 1 is 0.857 bits per heavy atom. The van der Waals surface area contributed by atoms with Crippen molar-refractivity contribution in [3.8, 4) is 0 Å². The SMILES string of the molecule is CC(=O)OCC(=NNC(N)=O)c1cccc(/C(COC(C)=O)=N/NC(N)=O)c1. The fourth-order valence-corrected chi connectivity index (χ4v) is 1.82. The summed E-state index contributed by atoms with van der Waals surface area (Å²) in [6, 6.07) is 4.62. The van der Waals surface area contributed by atoms with Crippen molar-refractivity contribution in [1.82, 2.24) is 10.9 Å². The van der Waals surface area contributed by atoms with E-state index in [0.717, 1.165) is 0 Å². The van der Waals surface area contributed by atoms with E-state index in [1.54, 1.807) is 24.3 Å². The molecule has 0 atom stereocenters. The number of urea groups is 2. The molecule has 0 saturated carbocycles. The zero-order valence-corrected chi connectivity index (χ0v) is 15.2. The monoisotopic (exact) mass is 392 g/mol. The highest BCUT2D eigenvalue weighted by atomic mass is 16.5. The minimum atomic E-state index is -0.903. The van der Waals surface area contributed by atoms with Crippen LogP contribution in [0.15, 0.2) is 34.5 Å². The van der Waals surface area contributed by atoms with Gasteiger partial charge in [-0.15, -0.1) is 0 Å². The average Bonchev–Trinajstić information content (AvgIpc) is 2.61. The van der Waals surface area contributed by atoms with Gasteiger partial charge in [0.1, 0.15) is 24.6 Å². The van der Waals surface area contributed by atoms with Crippen molar-refractivity contribution < 1.29 is 28.7 Å². The molecular weight excluding hydrogens is 372 g/mol. The van der Waals surface area contributed by atoms with Crippen molar-refractivity contribution >= 4 is 35.4 Å². The zero-order valence-electron chi connectivity index (χ0n) is 15.2. The van der Waals surface area contributed by atoms with Crippen LogP contribution in [0.1, 0.15) is 25.0 Å². The number of esters is 2. The topological polar surface area (TPSA) is 188 Å². The number of nitrogens with zero attached hydrogens (tertiary/aromatic N) is 2. The maximum Gasteiger partial charge on any atom is 0.332 e. The van der Waals surface area contributed by atoms with Gasteiger partial charge in [0.15, 0.2) is 0 Å². The Balaban J connectivity index is 3.24. The quantitative estimate of drug-likeness (QED) is 0.263. The van der Waals surface area contributed by atoms with Crippen molar-refractivity contribution in [2.24, 2.45) is 21.7 Å². The van der Waals surface area contributed by atoms with Crippen LogP contribution in [0.2, 0.25) is 0 Å². The van der Waals surface area contributed by atoms with Crippen LogP contribution in [0.25, 0.3) is 0 Å². The second-order valence-corrected chi connectivity index (χ2v) is 5.21. The van der Waals surface area contributed by atoms with E-state index < -0.39 is 24.0 Å². The summed E-state index contributed by atoms with van der Waals surface area (Å²) in [6.07, 6.45) is 0. The number of rotatable bonds is 8. The van der Waals surface area contributed by atoms with Gasteiger partial charge >= 0.3 is 24.0 Å². The number of primary amides is 2. The molecule has 28 heavy (non-hydrogen) atoms. The first-order valence-corrected chi connectivity index (χ1v) is 7.80. The molecule has 4 amide bonds. The van der Waals surface area contributed by atoms with Crippen molar-refractivity contribution in [2.75, 3.05) is 13.2 Å². The average molecular weight is 392 g/mol. The Morgan fingerprint density at radius 3 is 1.57 bits per heavy atom. The lowest BCUT2D eigenvalue weighted by Crippen LogP contribution is -2.28. The van der Waals surface area contributed by atoms with Crippen molar-refractivity contribution in [3.05, 3.63) is 35.4 Å². The van der Waals surface area contributed by atoms with Gasteiger partial charge in [-0.3, -0.25) is 9.59 Å². The molecule has 12 nitrogen and oxygen atoms in total. The highest BCUT2D eigenvalue weighted by Crippen LogP contribution is 2.10. The standard InChI is InChI=1S/C16H20N6O6/c1-9(23)27-7-13(19-21-15(17)25)11-4-3-5-12(6-11)14(8-28-10(2)24)20-22-16(18)26/h3-6H,7-8H2,1-2H3,(H3,17,21,25)(H3,18,22,26)/b19-13+,20-14?. The number of amides is 4. The van der Waals surface area contributed by atoms with Gasteiger partial charge in [0, 0.05) is 25.0 Å². The molecule has 1 aromatic rings. The zero-order chi connectivity index (χ0) is 21.1. The van der Waals surface area contributed by atoms with Gasteiger partial charge in [0.25, 0.3) is 0 Å². The lowest BCUT2D eigenvalue weighted by atomic mass is 10.0. The van der Waals surface area contributed by atoms with E-state index in [9.17, 15) is 19.2 Å². The van der Waals surface area contributed by atoms with Crippen molar-refractivity contribution in [2.45, 2.75) is 13.8 Å². The number of carbonyl (C=O) groups is 4. The van der Waals surface area contributed by atoms with Gasteiger partial charge in [-0.2, -0.15) is 10.2 Å². The van der Waals surface area contributed by atoms with E-state index in [2.05, 4.69) is 21.1 Å². The smallest absolute Gasteiger partial charge is 0.332 e. The molecule has 0 aliphatic rings. The molecule has 0 fully saturated rings. The van der Waals surface area contributed by atoms with E-state index in [0.29, 0.717) is 11.1 Å². The summed E-state index contributed by atoms with van der Waals surface area (Å²) in [5.74, 6) is -1.10. The molecular formula is C16H20N6O6. The molecule has 0 radical (unpaired) electrons. The molecule has 0 bridgehead atoms. The van der Waals surface area contributed by atoms with Crippen LogP contribution in [0, 0.1) is 0 Å². The van der Waals surface area contributed by atoms with Crippen molar-refractivity contribution in [1.29, 1.82) is 0 Å². The van der Waals surface area contributed by atoms with E-state index in [-0.39, 0.29) is 24.6 Å². The molecule has 0 aliphatic carbocycles. The molecule has 1 aromatic carbocycles. The van der Waals surface area contributed by atoms with Crippen LogP contribution < -0.4 is 22.3 Å². The first-order chi connectivity index (χ1) is 13.2. The molecule has 0 saturated heterocycles. The number of hydrazone groups is 2. The van der Waals surface area contributed by atoms with Crippen LogP contribution in [0.3, 0.4) is 0 Å². The Labute approximate surface area is 159 Å². The summed E-state index contributed by atoms with van der Waals surface area (Å²) in [5, 5.41) is 7.63. The normalized spacial score (nSPS) is 11.4. The van der Waals surface area contributed by atoms with E-state index in [4.69, 9.17) is 20.9 Å². The molecule has 0 heterocycles. The number of hydrogen-bond donors (Lipinski definition) is 4. The van der Waals surface area contributed by atoms with Gasteiger partial charge in [-0.05, 0) is 6.07 Å². The molecule has 12 heteroatoms. The van der Waals surface area contributed by atoms with Crippen LogP contribution in [-0.2, 0) is 19.1 Å². The highest BCUT2D eigenvalue weighted by Gasteiger charge is 2.12. The van der Waals surface area contributed by atoms with Gasteiger partial charge in [-0.1, -0.05) is 18.2 Å². The Kier molecular flexibility index (Phi) is 8.60. The van der Waals surface area contributed by atoms with Gasteiger partial charge < -0.3 is 20.9 Å². The van der Waals surface area contributed by atoms with Gasteiger partial charge in [0.05, 0.1) is 0 Å². The predicted molar refractivity (Wildman–Crippen MR) is 98.2 cm³/mol. The number of benzene rings is 1. The predicted octanol–water partition coefficient (Wildman–Crippen LogP) is -0.442. The maximum atomic E-state index is 11.1. The third kappa shape index (κ3) is 8.42. The minimum absolute atomic E-state index is 0.186. The van der Waals surface area contributed by atoms with E-state index in [1.807, 2.05) is 0 Å². The summed E-state index contributed by atoms with van der Waals surface area (Å²) in [7, 11) is 0. The van der Waals surface area contributed by atoms with Gasteiger partial charge in [-0.25, -0.2) is 20.4 Å². The molecule has 1 rings (SSSR count). The van der Waals surface area contributed by atoms with E-state index in [1.165, 1.54) is 13.8 Å². The summed E-state index contributed by atoms with van der Waals surface area (Å²) in [6.45, 7) is 1.95. The molecule has 150 valence electrons. The fourth-order valence-electron chi connectivity index (χ4n) is 1.82. The summed E-state index contributed by atoms with van der Waals surface area (Å²) < 4.78 is 9.83. The Bertz CT molecular complexity index is 756. The number of nitrogens with two attached hydrogens (primary N) is 2. The number of nitrogens with one attached hydrogen (secondary N) is 2. The second kappa shape index (κ2) is 10.9. The first kappa shape index (κ1) is 22.1. The highest BCUT2D eigenvalue weighted by molar-refractivity contribution is 6.07. The molecule has 6 N–H and O–H groups in total. The summed E-state index contributed by atoms with van der Waals surface area (Å²) in [5.41, 5.74) is 15.4. The van der Waals surface area contributed by atoms with Crippen LogP contribution in [-0.4, -0.2) is 48.6 Å². The van der Waals surface area contributed by atoms with Crippen molar-refractivity contribution in [3.63, 3.8) is 0 Å². The first-order valence-electron chi connectivity index (χ1n) is 7.80. The van der Waals surface area contributed by atoms with Crippen LogP contribution >= 0.6 is 0 Å². The Hall–Kier alpha value is -3.96. The lowest BCUT2D eigenvalue weighted by molar-refractivity contribution is -0.140. The molecule has 0 spiro atoms. The minimum Gasteiger partial charge on any atom is -0.459 e. The van der Waals surface area contributed by atoms with Crippen LogP contribution in [0.5, 0.6) is 0 Å². The number of carbonyl (C=O) groups excluding carboxylic acids is 4. The number of ether oxygens (including phenoxy) is 2. The molecule has 0 aliphatic heterocycles. The fraction of sp³-hybridized carbons (Fsp3) is 0.250. The Morgan fingerprint density at radius 2 is 1.25 bits per heavy atom. The number of hydrogen-bond acceptors (Lipinski definition) is 8. The third-order valence-electron chi connectivity index (χ3n) is 2.96. The van der Waals surface area contributed by atoms with E-state index >= 15 is 0 Å². The summed E-state index contributed by atoms with van der Waals surface area (Å²) >= 11 is 0. The largest absolute Gasteiger partial charge is 0.459 e. The second-order valence-electron chi connectivity index (χ2n) is 5.21. The molecule has 0 aromatic heterocycles. The third-order valence-corrected chi connectivity index (χ3v) is 2.96. The summed E-state index contributed by atoms with van der Waals surface area (Å²) in [4.78, 5) is 44.0. The van der Waals surface area contributed by atoms with Crippen LogP contribution in [0.4, 0.5) is 9.59 Å².